The van der Waals surface area contributed by atoms with Gasteiger partial charge in [-0.2, -0.15) is 0 Å². The van der Waals surface area contributed by atoms with Gasteiger partial charge in [-0.25, -0.2) is 0 Å². The summed E-state index contributed by atoms with van der Waals surface area (Å²) in [5.41, 5.74) is 13.7. The molecule has 3 atom stereocenters. The van der Waals surface area contributed by atoms with Crippen molar-refractivity contribution in [1.29, 1.82) is 0 Å². The minimum atomic E-state index is -1.30. The fourth-order valence-electron chi connectivity index (χ4n) is 4.10. The van der Waals surface area contributed by atoms with Gasteiger partial charge in [-0.3, -0.25) is 24.0 Å². The first-order valence-corrected chi connectivity index (χ1v) is 12.5. The largest absolute Gasteiger partial charge is 0.508 e. The van der Waals surface area contributed by atoms with Gasteiger partial charge in [0.05, 0.1) is 6.04 Å². The highest BCUT2D eigenvalue weighted by molar-refractivity contribution is 5.94. The van der Waals surface area contributed by atoms with Gasteiger partial charge in [0.2, 0.25) is 23.6 Å². The monoisotopic (exact) mass is 552 g/mol. The molecule has 0 aliphatic heterocycles. The van der Waals surface area contributed by atoms with Crippen LogP contribution in [0.2, 0.25) is 0 Å². The normalized spacial score (nSPS) is 13.1. The Balaban J connectivity index is 1.77. The average Bonchev–Trinajstić information content (AvgIpc) is 3.32. The molecule has 0 saturated heterocycles. The molecule has 0 radical (unpaired) electrons. The van der Waals surface area contributed by atoms with Crippen molar-refractivity contribution < 1.29 is 34.2 Å². The number of aliphatic carboxylic acids is 1. The van der Waals surface area contributed by atoms with Gasteiger partial charge in [-0.15, -0.1) is 0 Å². The van der Waals surface area contributed by atoms with Crippen LogP contribution in [0.1, 0.15) is 24.0 Å². The molecule has 3 aromatic rings. The van der Waals surface area contributed by atoms with E-state index in [-0.39, 0.29) is 31.4 Å². The van der Waals surface area contributed by atoms with E-state index >= 15 is 0 Å². The molecule has 1 heterocycles. The summed E-state index contributed by atoms with van der Waals surface area (Å²) >= 11 is 0. The zero-order valence-corrected chi connectivity index (χ0v) is 21.6. The summed E-state index contributed by atoms with van der Waals surface area (Å²) in [5, 5.41) is 26.6. The summed E-state index contributed by atoms with van der Waals surface area (Å²) in [6, 6.07) is 10.00. The summed E-state index contributed by atoms with van der Waals surface area (Å²) in [7, 11) is 0. The number of fused-ring (bicyclic) bond motifs is 1. The maximum absolute atomic E-state index is 13.3. The van der Waals surface area contributed by atoms with Gasteiger partial charge in [0, 0.05) is 29.9 Å². The van der Waals surface area contributed by atoms with Crippen molar-refractivity contribution >= 4 is 40.5 Å². The number of hydrogen-bond acceptors (Lipinski definition) is 7. The van der Waals surface area contributed by atoms with Gasteiger partial charge >= 0.3 is 5.97 Å². The number of amides is 4. The molecule has 0 saturated carbocycles. The molecular formula is C27H32N6O7. The lowest BCUT2D eigenvalue weighted by molar-refractivity contribution is -0.138. The number of phenols is 1. The van der Waals surface area contributed by atoms with Crippen LogP contribution in [-0.4, -0.2) is 69.5 Å². The SMILES string of the molecule is NC(=O)CCC(NC(=O)C(Cc1ccc(O)cc1)NC(=O)C(N)Cc1c[nH]c2ccccc12)C(=O)NCC(=O)O. The minimum absolute atomic E-state index is 0.0103. The second-order valence-corrected chi connectivity index (χ2v) is 9.28. The lowest BCUT2D eigenvalue weighted by Crippen LogP contribution is -2.57. The minimum Gasteiger partial charge on any atom is -0.508 e. The predicted molar refractivity (Wildman–Crippen MR) is 145 cm³/mol. The number of benzene rings is 2. The number of para-hydroxylation sites is 1. The Labute approximate surface area is 229 Å². The van der Waals surface area contributed by atoms with Crippen LogP contribution in [-0.2, 0) is 36.8 Å². The fraction of sp³-hybridized carbons (Fsp3) is 0.296. The van der Waals surface area contributed by atoms with Crippen LogP contribution in [0.4, 0.5) is 0 Å². The highest BCUT2D eigenvalue weighted by Gasteiger charge is 2.29. The maximum Gasteiger partial charge on any atom is 0.322 e. The topological polar surface area (TPSA) is 230 Å². The van der Waals surface area contributed by atoms with Crippen LogP contribution in [0, 0.1) is 0 Å². The third kappa shape index (κ3) is 8.56. The Hall–Kier alpha value is -4.91. The first-order chi connectivity index (χ1) is 19.0. The maximum atomic E-state index is 13.3. The summed E-state index contributed by atoms with van der Waals surface area (Å²) in [6.07, 6.45) is 1.49. The molecule has 10 N–H and O–H groups in total. The number of aromatic amines is 1. The second kappa shape index (κ2) is 13.8. The van der Waals surface area contributed by atoms with E-state index in [0.29, 0.717) is 5.56 Å². The number of nitrogens with one attached hydrogen (secondary N) is 4. The molecule has 0 aliphatic rings. The Morgan fingerprint density at radius 1 is 0.875 bits per heavy atom. The molecule has 40 heavy (non-hydrogen) atoms. The quantitative estimate of drug-likeness (QED) is 0.129. The van der Waals surface area contributed by atoms with Gasteiger partial charge < -0.3 is 42.6 Å². The van der Waals surface area contributed by atoms with Crippen molar-refractivity contribution in [3.05, 3.63) is 65.9 Å². The van der Waals surface area contributed by atoms with Gasteiger partial charge in [0.1, 0.15) is 24.4 Å². The number of phenolic OH excluding ortho intramolecular Hbond substituents is 1. The predicted octanol–water partition coefficient (Wildman–Crippen LogP) is -0.578. The molecule has 13 heteroatoms. The zero-order chi connectivity index (χ0) is 29.2. The number of aromatic hydroxyl groups is 1. The molecule has 0 bridgehead atoms. The van der Waals surface area contributed by atoms with E-state index in [0.717, 1.165) is 16.5 Å². The standard InChI is InChI=1S/C27H32N6O7/c28-19(12-16-13-30-20-4-2-1-3-18(16)20)25(38)33-22(11-15-5-7-17(34)8-6-15)27(40)32-21(9-10-23(29)35)26(39)31-14-24(36)37/h1-8,13,19,21-22,30,34H,9-12,14,28H2,(H2,29,35)(H,31,39)(H,32,40)(H,33,38)(H,36,37). The van der Waals surface area contributed by atoms with Gasteiger partial charge in [-0.05, 0) is 42.2 Å². The van der Waals surface area contributed by atoms with Crippen LogP contribution in [0.15, 0.2) is 54.7 Å². The van der Waals surface area contributed by atoms with Crippen LogP contribution in [0.5, 0.6) is 5.75 Å². The third-order valence-corrected chi connectivity index (χ3v) is 6.19. The summed E-state index contributed by atoms with van der Waals surface area (Å²) < 4.78 is 0. The molecule has 3 unspecified atom stereocenters. The first kappa shape index (κ1) is 29.6. The highest BCUT2D eigenvalue weighted by atomic mass is 16.4. The molecule has 13 nitrogen and oxygen atoms in total. The van der Waals surface area contributed by atoms with Gasteiger partial charge in [-0.1, -0.05) is 30.3 Å². The first-order valence-electron chi connectivity index (χ1n) is 12.5. The van der Waals surface area contributed by atoms with Crippen molar-refractivity contribution in [3.63, 3.8) is 0 Å². The number of H-pyrrole nitrogens is 1. The van der Waals surface area contributed by atoms with Gasteiger partial charge in [0.25, 0.3) is 0 Å². The number of primary amides is 1. The zero-order valence-electron chi connectivity index (χ0n) is 21.6. The summed E-state index contributed by atoms with van der Waals surface area (Å²) in [6.45, 7) is -0.696. The second-order valence-electron chi connectivity index (χ2n) is 9.28. The van der Waals surface area contributed by atoms with Gasteiger partial charge in [0.15, 0.2) is 0 Å². The number of carbonyl (C=O) groups excluding carboxylic acids is 4. The molecule has 1 aromatic heterocycles. The van der Waals surface area contributed by atoms with Crippen LogP contribution in [0.25, 0.3) is 10.9 Å². The molecule has 0 spiro atoms. The van der Waals surface area contributed by atoms with E-state index < -0.39 is 54.3 Å². The lowest BCUT2D eigenvalue weighted by Gasteiger charge is -2.24. The Bertz CT molecular complexity index is 1370. The summed E-state index contributed by atoms with van der Waals surface area (Å²) in [4.78, 5) is 64.3. The number of carbonyl (C=O) groups is 5. The fourth-order valence-corrected chi connectivity index (χ4v) is 4.10. The molecule has 212 valence electrons. The van der Waals surface area contributed by atoms with Crippen LogP contribution >= 0.6 is 0 Å². The van der Waals surface area contributed by atoms with Crippen LogP contribution in [0.3, 0.4) is 0 Å². The molecule has 4 amide bonds. The smallest absolute Gasteiger partial charge is 0.322 e. The molecule has 2 aromatic carbocycles. The van der Waals surface area contributed by atoms with Crippen molar-refractivity contribution in [3.8, 4) is 5.75 Å². The number of carboxylic acid groups (broad SMARTS) is 1. The van der Waals surface area contributed by atoms with Crippen molar-refractivity contribution in [2.24, 2.45) is 11.5 Å². The molecule has 0 fully saturated rings. The van der Waals surface area contributed by atoms with E-state index in [2.05, 4.69) is 20.9 Å². The summed E-state index contributed by atoms with van der Waals surface area (Å²) in [5.74, 6) is -4.22. The Morgan fingerprint density at radius 2 is 1.55 bits per heavy atom. The van der Waals surface area contributed by atoms with Crippen molar-refractivity contribution in [2.45, 2.75) is 43.8 Å². The number of nitrogens with two attached hydrogens (primary N) is 2. The Morgan fingerprint density at radius 3 is 2.23 bits per heavy atom. The molecule has 3 rings (SSSR count). The van der Waals surface area contributed by atoms with E-state index in [4.69, 9.17) is 16.6 Å². The van der Waals surface area contributed by atoms with E-state index in [1.807, 2.05) is 24.3 Å². The van der Waals surface area contributed by atoms with Crippen molar-refractivity contribution in [2.75, 3.05) is 6.54 Å². The molecule has 0 aliphatic carbocycles. The van der Waals surface area contributed by atoms with E-state index in [9.17, 15) is 29.1 Å². The average molecular weight is 553 g/mol. The van der Waals surface area contributed by atoms with Crippen LogP contribution < -0.4 is 27.4 Å². The van der Waals surface area contributed by atoms with E-state index in [1.54, 1.807) is 18.3 Å². The number of carboxylic acids is 1. The number of rotatable bonds is 14. The molecular weight excluding hydrogens is 520 g/mol. The number of aromatic nitrogens is 1. The Kier molecular flexibility index (Phi) is 10.2. The van der Waals surface area contributed by atoms with E-state index in [1.165, 1.54) is 12.1 Å². The lowest BCUT2D eigenvalue weighted by atomic mass is 10.0. The number of hydrogen-bond donors (Lipinski definition) is 8. The highest BCUT2D eigenvalue weighted by Crippen LogP contribution is 2.19. The van der Waals surface area contributed by atoms with Crippen molar-refractivity contribution in [1.82, 2.24) is 20.9 Å². The third-order valence-electron chi connectivity index (χ3n) is 6.19.